The van der Waals surface area contributed by atoms with Crippen molar-refractivity contribution in [2.24, 2.45) is 0 Å². The van der Waals surface area contributed by atoms with Gasteiger partial charge in [0, 0.05) is 0 Å². The van der Waals surface area contributed by atoms with Crippen LogP contribution in [-0.2, 0) is 9.59 Å². The molecule has 0 saturated heterocycles. The predicted molar refractivity (Wildman–Crippen MR) is 58.1 cm³/mol. The van der Waals surface area contributed by atoms with E-state index < -0.39 is 48.2 Å². The normalized spacial score (nSPS) is 18.8. The first-order valence-corrected chi connectivity index (χ1v) is 5.33. The molecule has 100 valence electrons. The summed E-state index contributed by atoms with van der Waals surface area (Å²) in [5.41, 5.74) is 0. The summed E-state index contributed by atoms with van der Waals surface area (Å²) >= 11 is 2.47. The summed E-state index contributed by atoms with van der Waals surface area (Å²) < 4.78 is 6.40. The number of aliphatic hydroxyl groups excluding tert-OH is 5. The average molecular weight is 317 g/mol. The monoisotopic (exact) mass is 316 g/mol. The summed E-state index contributed by atoms with van der Waals surface area (Å²) in [7, 11) is 0. The molecule has 9 heteroatoms. The third kappa shape index (κ3) is 5.52. The molecule has 0 heterocycles. The van der Waals surface area contributed by atoms with Crippen molar-refractivity contribution in [3.8, 4) is 0 Å². The van der Waals surface area contributed by atoms with Gasteiger partial charge in [0.25, 0.3) is 5.91 Å². The highest BCUT2D eigenvalue weighted by molar-refractivity contribution is 9.18. The van der Waals surface area contributed by atoms with Crippen LogP contribution in [-0.4, -0.2) is 73.7 Å². The molecule has 0 aromatic heterocycles. The molecule has 6 N–H and O–H groups in total. The van der Waals surface area contributed by atoms with E-state index in [4.69, 9.17) is 11.6 Å². The Kier molecular flexibility index (Phi) is 6.55. The van der Waals surface area contributed by atoms with E-state index in [-0.39, 0.29) is 5.31 Å². The van der Waals surface area contributed by atoms with Gasteiger partial charge in [-0.2, -0.15) is 0 Å². The van der Waals surface area contributed by atoms with Crippen LogP contribution in [0, 0.1) is 0 Å². The molecule has 0 aliphatic heterocycles. The minimum absolute atomic E-state index is 0.0863. The van der Waals surface area contributed by atoms with Crippen molar-refractivity contribution < 1.29 is 36.5 Å². The van der Waals surface area contributed by atoms with Gasteiger partial charge < -0.3 is 30.8 Å². The molecule has 4 atom stereocenters. The van der Waals surface area contributed by atoms with E-state index in [1.54, 1.807) is 0 Å². The Morgan fingerprint density at radius 2 is 1.76 bits per heavy atom. The van der Waals surface area contributed by atoms with Crippen LogP contribution in [0.2, 0.25) is 1.41 Å². The molecule has 0 aliphatic carbocycles. The van der Waals surface area contributed by atoms with Gasteiger partial charge in [-0.25, -0.2) is 0 Å². The number of amides is 1. The lowest BCUT2D eigenvalue weighted by Crippen LogP contribution is -2.52. The van der Waals surface area contributed by atoms with Crippen LogP contribution >= 0.6 is 15.9 Å². The number of nitrogens with one attached hydrogen (secondary N) is 1. The second-order valence-electron chi connectivity index (χ2n) is 3.19. The molecular formula is C8H14BrNO7. The fourth-order valence-electron chi connectivity index (χ4n) is 0.902. The van der Waals surface area contributed by atoms with Crippen molar-refractivity contribution in [2.45, 2.75) is 24.4 Å². The molecule has 0 saturated carbocycles. The second-order valence-corrected chi connectivity index (χ2v) is 4.07. The minimum atomic E-state index is -2.20. The summed E-state index contributed by atoms with van der Waals surface area (Å²) in [5.74, 6) is -1.33. The number of hydrogen-bond donors (Lipinski definition) is 6. The average Bonchev–Trinajstić information content (AvgIpc) is 2.33. The van der Waals surface area contributed by atoms with Crippen molar-refractivity contribution in [2.75, 3.05) is 13.2 Å². The summed E-state index contributed by atoms with van der Waals surface area (Å²) in [5, 5.41) is 45.5. The maximum Gasteiger partial charge on any atom is 0.252 e. The maximum absolute atomic E-state index is 11.3. The zero-order valence-electron chi connectivity index (χ0n) is 9.60. The smallest absolute Gasteiger partial charge is 0.252 e. The summed E-state index contributed by atoms with van der Waals surface area (Å²) in [4.78, 5) is 21.9. The Labute approximate surface area is 106 Å². The molecule has 0 aliphatic rings. The maximum atomic E-state index is 11.3. The quantitative estimate of drug-likeness (QED) is 0.266. The van der Waals surface area contributed by atoms with Crippen LogP contribution in [0.3, 0.4) is 0 Å². The highest BCUT2D eigenvalue weighted by atomic mass is 79.9. The van der Waals surface area contributed by atoms with E-state index in [1.165, 1.54) is 0 Å². The number of carbonyl (C=O) groups is 2. The number of rotatable bonds is 7. The Morgan fingerprint density at radius 3 is 2.18 bits per heavy atom. The Morgan fingerprint density at radius 1 is 1.24 bits per heavy atom. The lowest BCUT2D eigenvalue weighted by atomic mass is 10.0. The molecule has 8 nitrogen and oxygen atoms in total. The van der Waals surface area contributed by atoms with Gasteiger partial charge in [-0.3, -0.25) is 9.59 Å². The van der Waals surface area contributed by atoms with E-state index in [2.05, 4.69) is 15.9 Å². The summed E-state index contributed by atoms with van der Waals surface area (Å²) in [6.45, 7) is -1.55. The van der Waals surface area contributed by atoms with Crippen molar-refractivity contribution in [1.29, 1.82) is 0 Å². The van der Waals surface area contributed by atoms with Crippen molar-refractivity contribution in [1.82, 2.24) is 5.31 Å². The zero-order valence-corrected chi connectivity index (χ0v) is 10.2. The van der Waals surface area contributed by atoms with E-state index >= 15 is 0 Å². The van der Waals surface area contributed by atoms with Crippen molar-refractivity contribution in [3.63, 3.8) is 0 Å². The molecule has 0 fully saturated rings. The fourth-order valence-corrected chi connectivity index (χ4v) is 1.03. The van der Waals surface area contributed by atoms with Gasteiger partial charge in [0.2, 0.25) is 4.69 Å². The number of carbonyl (C=O) groups excluding carboxylic acids is 2. The third-order valence-corrected chi connectivity index (χ3v) is 2.12. The Hall–Kier alpha value is -0.580. The summed E-state index contributed by atoms with van der Waals surface area (Å²) in [6, 6.07) is 0. The van der Waals surface area contributed by atoms with Crippen molar-refractivity contribution >= 4 is 26.5 Å². The molecule has 0 aromatic rings. The molecular weight excluding hydrogens is 302 g/mol. The van der Waals surface area contributed by atoms with E-state index in [0.717, 1.165) is 0 Å². The van der Waals surface area contributed by atoms with Gasteiger partial charge in [-0.05, 0) is 15.9 Å². The van der Waals surface area contributed by atoms with Crippen molar-refractivity contribution in [3.05, 3.63) is 0 Å². The first-order valence-electron chi connectivity index (χ1n) is 4.98. The third-order valence-electron chi connectivity index (χ3n) is 1.87. The number of halogens is 1. The van der Waals surface area contributed by atoms with Gasteiger partial charge in [0.15, 0.2) is 7.52 Å². The Balaban J connectivity index is 4.58. The van der Waals surface area contributed by atoms with Crippen LogP contribution < -0.4 is 5.31 Å². The van der Waals surface area contributed by atoms with Gasteiger partial charge in [0.05, 0.1) is 13.2 Å². The first kappa shape index (κ1) is 14.5. The topological polar surface area (TPSA) is 147 Å². The standard InChI is InChI=1S/C8H14BrNO7/c9-4(13)1-10-8(17)7(16)6(15)5(14)3(12)2-11/h3,5-7,11-12,14-16H,1-2H2,(H,10,17)/t3-,5-,6+,7+/m1/s1/i/hD. The molecule has 0 rings (SSSR count). The number of hydrogen-bond acceptors (Lipinski definition) is 7. The molecule has 0 aromatic carbocycles. The first-order chi connectivity index (χ1) is 8.22. The molecule has 17 heavy (non-hydrogen) atoms. The summed E-state index contributed by atoms with van der Waals surface area (Å²) in [6.07, 6.45) is -8.02. The Bertz CT molecular complexity index is 305. The van der Waals surface area contributed by atoms with E-state index in [1.807, 2.05) is 0 Å². The second kappa shape index (κ2) is 7.69. The largest absolute Gasteiger partial charge is 0.394 e. The van der Waals surface area contributed by atoms with Crippen LogP contribution in [0.4, 0.5) is 0 Å². The SMILES string of the molecule is [2H]N(CC(=O)Br)C(=O)[C@@H](O)[C@@H](O)[C@H](O)[C@H](O)CO. The van der Waals surface area contributed by atoms with Crippen LogP contribution in [0.25, 0.3) is 0 Å². The van der Waals surface area contributed by atoms with Gasteiger partial charge in [-0.15, -0.1) is 0 Å². The fraction of sp³-hybridized carbons (Fsp3) is 0.750. The highest BCUT2D eigenvalue weighted by Gasteiger charge is 2.34. The molecule has 1 amide bonds. The lowest BCUT2D eigenvalue weighted by Gasteiger charge is -2.24. The molecule has 0 spiro atoms. The van der Waals surface area contributed by atoms with Gasteiger partial charge in [-0.1, -0.05) is 0 Å². The highest BCUT2D eigenvalue weighted by Crippen LogP contribution is 2.05. The number of aliphatic hydroxyl groups is 5. The van der Waals surface area contributed by atoms with Gasteiger partial charge in [0.1, 0.15) is 18.3 Å². The van der Waals surface area contributed by atoms with Crippen LogP contribution in [0.15, 0.2) is 0 Å². The minimum Gasteiger partial charge on any atom is -0.394 e. The zero-order chi connectivity index (χ0) is 14.5. The van der Waals surface area contributed by atoms with Gasteiger partial charge >= 0.3 is 0 Å². The van der Waals surface area contributed by atoms with Crippen LogP contribution in [0.5, 0.6) is 0 Å². The van der Waals surface area contributed by atoms with Crippen LogP contribution in [0.1, 0.15) is 0 Å². The molecule has 0 bridgehead atoms. The van der Waals surface area contributed by atoms with E-state index in [0.29, 0.717) is 0 Å². The lowest BCUT2D eigenvalue weighted by molar-refractivity contribution is -0.149. The molecule has 0 unspecified atom stereocenters. The van der Waals surface area contributed by atoms with E-state index in [9.17, 15) is 24.9 Å². The predicted octanol–water partition coefficient (Wildman–Crippen LogP) is -3.54. The molecule has 0 radical (unpaired) electrons.